The van der Waals surface area contributed by atoms with E-state index < -0.39 is 51.6 Å². The molecule has 0 spiro atoms. The van der Waals surface area contributed by atoms with Crippen LogP contribution in [0.4, 0.5) is 16.2 Å². The van der Waals surface area contributed by atoms with Crippen molar-refractivity contribution in [3.63, 3.8) is 0 Å². The number of fused-ring (bicyclic) bond motifs is 3. The first-order valence-corrected chi connectivity index (χ1v) is 22.1. The molecule has 3 heterocycles. The Balaban J connectivity index is 0.787. The Bertz CT molecular complexity index is 2580. The molecule has 2 aliphatic carbocycles. The molecule has 0 radical (unpaired) electrons. The molecule has 4 aliphatic rings. The van der Waals surface area contributed by atoms with E-state index in [1.54, 1.807) is 30.3 Å². The number of sulfonamides is 1. The Kier molecular flexibility index (Phi) is 12.2. The molecule has 7 amide bonds. The molecule has 18 nitrogen and oxygen atoms in total. The Labute approximate surface area is 356 Å². The minimum absolute atomic E-state index is 0.0317. The average Bonchev–Trinajstić information content (AvgIpc) is 4.06. The van der Waals surface area contributed by atoms with E-state index in [0.717, 1.165) is 65.8 Å². The zero-order chi connectivity index (χ0) is 43.5. The molecule has 4 aromatic rings. The Hall–Kier alpha value is -6.44. The number of carbonyl (C=O) groups excluding carboxylic acids is 6. The van der Waals surface area contributed by atoms with E-state index in [1.165, 1.54) is 34.1 Å². The van der Waals surface area contributed by atoms with Gasteiger partial charge in [-0.3, -0.25) is 38.9 Å². The van der Waals surface area contributed by atoms with E-state index in [9.17, 15) is 37.2 Å². The highest BCUT2D eigenvalue weighted by Crippen LogP contribution is 2.39. The fraction of sp³-hybridized carbons (Fsp3) is 0.372. The van der Waals surface area contributed by atoms with Gasteiger partial charge in [-0.25, -0.2) is 9.52 Å². The van der Waals surface area contributed by atoms with Crippen LogP contribution in [0.1, 0.15) is 90.1 Å². The summed E-state index contributed by atoms with van der Waals surface area (Å²) in [6, 6.07) is 11.6. The second kappa shape index (κ2) is 17.9. The second-order valence-corrected chi connectivity index (χ2v) is 17.2. The van der Waals surface area contributed by atoms with Crippen LogP contribution in [0, 0.1) is 0 Å². The van der Waals surface area contributed by atoms with Crippen molar-refractivity contribution in [2.45, 2.75) is 75.4 Å². The van der Waals surface area contributed by atoms with Crippen LogP contribution in [0.15, 0.2) is 59.8 Å². The van der Waals surface area contributed by atoms with Crippen molar-refractivity contribution in [1.29, 1.82) is 0 Å². The van der Waals surface area contributed by atoms with E-state index in [2.05, 4.69) is 31.8 Å². The summed E-state index contributed by atoms with van der Waals surface area (Å²) in [4.78, 5) is 76.5. The van der Waals surface area contributed by atoms with Crippen molar-refractivity contribution in [3.8, 4) is 0 Å². The van der Waals surface area contributed by atoms with Gasteiger partial charge in [0.05, 0.1) is 44.1 Å². The normalized spacial score (nSPS) is 16.8. The lowest BCUT2D eigenvalue weighted by Gasteiger charge is -2.27. The van der Waals surface area contributed by atoms with E-state index in [-0.39, 0.29) is 62.0 Å². The van der Waals surface area contributed by atoms with E-state index in [0.29, 0.717) is 29.8 Å². The van der Waals surface area contributed by atoms with Crippen molar-refractivity contribution in [2.24, 2.45) is 5.73 Å². The molecule has 1 aromatic heterocycles. The summed E-state index contributed by atoms with van der Waals surface area (Å²) >= 11 is 0. The molecule has 0 bridgehead atoms. The fourth-order valence-electron chi connectivity index (χ4n) is 8.66. The van der Waals surface area contributed by atoms with Crippen molar-refractivity contribution >= 4 is 57.0 Å². The number of primary amides is 1. The molecule has 62 heavy (non-hydrogen) atoms. The van der Waals surface area contributed by atoms with Gasteiger partial charge >= 0.3 is 6.03 Å². The molecule has 6 N–H and O–H groups in total. The highest BCUT2D eigenvalue weighted by Gasteiger charge is 2.45. The third kappa shape index (κ3) is 8.81. The predicted molar refractivity (Wildman–Crippen MR) is 223 cm³/mol. The number of imide groups is 2. The number of carbonyl (C=O) groups is 6. The van der Waals surface area contributed by atoms with Gasteiger partial charge in [0.25, 0.3) is 21.8 Å². The summed E-state index contributed by atoms with van der Waals surface area (Å²) in [5.74, 6) is -2.92. The van der Waals surface area contributed by atoms with Crippen LogP contribution >= 0.6 is 0 Å². The SMILES string of the molecule is NC(=O)c1ccc(Cn2ccc(S(=O)(=O)NC(=O)Nc3c4c(cc5c3CCC5)CCC4)n2)cc1CCOCCOCCNc1cccc2c1C(=O)N(C1CCC(=O)NC1=O)C2=O. The number of amides is 7. The zero-order valence-corrected chi connectivity index (χ0v) is 34.6. The summed E-state index contributed by atoms with van der Waals surface area (Å²) in [7, 11) is -4.29. The third-order valence-electron chi connectivity index (χ3n) is 11.5. The Morgan fingerprint density at radius 2 is 1.61 bits per heavy atom. The summed E-state index contributed by atoms with van der Waals surface area (Å²) in [6.45, 7) is 1.46. The summed E-state index contributed by atoms with van der Waals surface area (Å²) < 4.78 is 41.4. The van der Waals surface area contributed by atoms with E-state index in [1.807, 2.05) is 0 Å². The lowest BCUT2D eigenvalue weighted by Crippen LogP contribution is -2.54. The molecule has 324 valence electrons. The number of nitrogens with one attached hydrogen (secondary N) is 4. The highest BCUT2D eigenvalue weighted by molar-refractivity contribution is 7.90. The number of nitrogens with two attached hydrogens (primary N) is 1. The van der Waals surface area contributed by atoms with E-state index >= 15 is 0 Å². The molecular formula is C43H46N8O10S. The molecule has 1 atom stereocenters. The first-order chi connectivity index (χ1) is 29.9. The minimum Gasteiger partial charge on any atom is -0.382 e. The predicted octanol–water partition coefficient (Wildman–Crippen LogP) is 2.61. The fourth-order valence-corrected chi connectivity index (χ4v) is 9.51. The minimum atomic E-state index is -4.29. The van der Waals surface area contributed by atoms with Crippen LogP contribution in [0.3, 0.4) is 0 Å². The van der Waals surface area contributed by atoms with Gasteiger partial charge in [0.15, 0.2) is 5.03 Å². The maximum absolute atomic E-state index is 13.3. The van der Waals surface area contributed by atoms with Crippen molar-refractivity contribution in [2.75, 3.05) is 43.6 Å². The van der Waals surface area contributed by atoms with Crippen LogP contribution in [-0.4, -0.2) is 97.7 Å². The van der Waals surface area contributed by atoms with Crippen LogP contribution in [0.25, 0.3) is 0 Å². The number of aryl methyl sites for hydroxylation is 2. The standard InChI is InChI=1S/C43H46N8O10S/c44-39(53)31-11-10-25(24-50-17-14-36(48-50)62(58,59)49-43(57)47-38-29-6-1-4-26(29)23-27-5-2-7-30(27)38)22-28(31)15-18-60-20-21-61-19-16-45-33-9-3-8-32-37(33)42(56)51(41(32)55)34-12-13-35(52)46-40(34)54/h3,8-11,14,17,22-23,34,45H,1-2,4-7,12-13,15-16,18-21,24H2,(H2,44,53)(H,46,52,54)(H2,47,49,57). The first kappa shape index (κ1) is 42.3. The van der Waals surface area contributed by atoms with Gasteiger partial charge in [0, 0.05) is 36.1 Å². The third-order valence-corrected chi connectivity index (χ3v) is 12.8. The molecule has 0 saturated carbocycles. The van der Waals surface area contributed by atoms with Gasteiger partial charge in [-0.15, -0.1) is 0 Å². The lowest BCUT2D eigenvalue weighted by atomic mass is 9.99. The molecule has 2 aliphatic heterocycles. The monoisotopic (exact) mass is 866 g/mol. The molecule has 19 heteroatoms. The number of nitrogens with zero attached hydrogens (tertiary/aromatic N) is 3. The summed E-state index contributed by atoms with van der Waals surface area (Å²) in [5.41, 5.74) is 13.4. The number of hydrogen-bond donors (Lipinski definition) is 5. The van der Waals surface area contributed by atoms with Gasteiger partial charge in [0.2, 0.25) is 17.7 Å². The maximum atomic E-state index is 13.3. The number of piperidine rings is 1. The first-order valence-electron chi connectivity index (χ1n) is 20.6. The lowest BCUT2D eigenvalue weighted by molar-refractivity contribution is -0.136. The smallest absolute Gasteiger partial charge is 0.333 e. The van der Waals surface area contributed by atoms with Gasteiger partial charge in [-0.05, 0) is 109 Å². The zero-order valence-electron chi connectivity index (χ0n) is 33.8. The average molecular weight is 867 g/mol. The maximum Gasteiger partial charge on any atom is 0.333 e. The van der Waals surface area contributed by atoms with Crippen LogP contribution < -0.4 is 26.4 Å². The largest absolute Gasteiger partial charge is 0.382 e. The topological polar surface area (TPSA) is 250 Å². The Morgan fingerprint density at radius 1 is 0.871 bits per heavy atom. The van der Waals surface area contributed by atoms with Crippen LogP contribution in [0.5, 0.6) is 0 Å². The number of benzene rings is 3. The Morgan fingerprint density at radius 3 is 2.34 bits per heavy atom. The number of rotatable bonds is 17. The van der Waals surface area contributed by atoms with Crippen molar-refractivity contribution in [3.05, 3.63) is 105 Å². The number of anilines is 2. The highest BCUT2D eigenvalue weighted by atomic mass is 32.2. The van der Waals surface area contributed by atoms with Crippen molar-refractivity contribution in [1.82, 2.24) is 24.7 Å². The van der Waals surface area contributed by atoms with Gasteiger partial charge in [0.1, 0.15) is 6.04 Å². The van der Waals surface area contributed by atoms with Gasteiger partial charge < -0.3 is 25.8 Å². The van der Waals surface area contributed by atoms with Crippen LogP contribution in [0.2, 0.25) is 0 Å². The molecule has 3 aromatic carbocycles. The number of aromatic nitrogens is 2. The van der Waals surface area contributed by atoms with Crippen molar-refractivity contribution < 1.29 is 46.7 Å². The number of urea groups is 1. The van der Waals surface area contributed by atoms with Gasteiger partial charge in [-0.2, -0.15) is 13.5 Å². The molecule has 1 fully saturated rings. The number of ether oxygens (including phenoxy) is 2. The van der Waals surface area contributed by atoms with Gasteiger partial charge in [-0.1, -0.05) is 24.3 Å². The number of hydrogen-bond acceptors (Lipinski definition) is 12. The second-order valence-electron chi connectivity index (χ2n) is 15.6. The van der Waals surface area contributed by atoms with E-state index in [4.69, 9.17) is 15.2 Å². The summed E-state index contributed by atoms with van der Waals surface area (Å²) in [6.07, 6.45) is 7.51. The quantitative estimate of drug-likeness (QED) is 0.0759. The molecule has 1 unspecified atom stereocenters. The molecular weight excluding hydrogens is 821 g/mol. The molecule has 1 saturated heterocycles. The summed E-state index contributed by atoms with van der Waals surface area (Å²) in [5, 5.41) is 12.1. The molecule has 8 rings (SSSR count). The van der Waals surface area contributed by atoms with Crippen LogP contribution in [-0.2, 0) is 67.7 Å².